The molecule has 0 unspecified atom stereocenters. The van der Waals surface area contributed by atoms with Gasteiger partial charge in [-0.05, 0) is 24.3 Å². The highest BCUT2D eigenvalue weighted by Crippen LogP contribution is 2.29. The van der Waals surface area contributed by atoms with Gasteiger partial charge in [0.15, 0.2) is 0 Å². The molecule has 0 amide bonds. The number of nitrogens with one attached hydrogen (secondary N) is 2. The van der Waals surface area contributed by atoms with Crippen LogP contribution in [0.25, 0.3) is 10.9 Å². The lowest BCUT2D eigenvalue weighted by atomic mass is 10.1. The maximum Gasteiger partial charge on any atom is 0.0702 e. The zero-order valence-corrected chi connectivity index (χ0v) is 11.7. The van der Waals surface area contributed by atoms with E-state index in [4.69, 9.17) is 0 Å². The Balaban J connectivity index is 2.03. The molecule has 0 atom stereocenters. The quantitative estimate of drug-likeness (QED) is 0.679. The number of aliphatic hydroxyl groups is 1. The van der Waals surface area contributed by atoms with Crippen molar-refractivity contribution in [2.75, 3.05) is 5.32 Å². The average molecular weight is 317 g/mol. The number of rotatable bonds is 3. The largest absolute Gasteiger partial charge is 0.392 e. The fourth-order valence-electron chi connectivity index (χ4n) is 2.12. The molecule has 3 aromatic rings. The first-order valence-electron chi connectivity index (χ1n) is 6.00. The fourth-order valence-corrected chi connectivity index (χ4v) is 2.48. The lowest BCUT2D eigenvalue weighted by Gasteiger charge is -2.09. The van der Waals surface area contributed by atoms with Crippen molar-refractivity contribution in [2.24, 2.45) is 0 Å². The van der Waals surface area contributed by atoms with Gasteiger partial charge in [-0.25, -0.2) is 0 Å². The zero-order chi connectivity index (χ0) is 13.2. The molecule has 96 valence electrons. The number of para-hydroxylation sites is 1. The molecule has 19 heavy (non-hydrogen) atoms. The van der Waals surface area contributed by atoms with Crippen molar-refractivity contribution in [3.63, 3.8) is 0 Å². The molecule has 0 aliphatic carbocycles. The van der Waals surface area contributed by atoms with Crippen LogP contribution in [0, 0.1) is 0 Å². The predicted octanol–water partition coefficient (Wildman–Crippen LogP) is 4.17. The summed E-state index contributed by atoms with van der Waals surface area (Å²) in [7, 11) is 0. The van der Waals surface area contributed by atoms with Crippen molar-refractivity contribution >= 4 is 38.2 Å². The third kappa shape index (κ3) is 2.37. The summed E-state index contributed by atoms with van der Waals surface area (Å²) in [5.41, 5.74) is 3.88. The van der Waals surface area contributed by atoms with Gasteiger partial charge in [-0.1, -0.05) is 34.1 Å². The summed E-state index contributed by atoms with van der Waals surface area (Å²) < 4.78 is 1.04. The fraction of sp³-hybridized carbons (Fsp3) is 0.0667. The summed E-state index contributed by atoms with van der Waals surface area (Å²) in [5, 5.41) is 13.8. The highest BCUT2D eigenvalue weighted by Gasteiger charge is 2.06. The van der Waals surface area contributed by atoms with Gasteiger partial charge in [-0.3, -0.25) is 0 Å². The Morgan fingerprint density at radius 2 is 1.95 bits per heavy atom. The van der Waals surface area contributed by atoms with Crippen molar-refractivity contribution in [3.05, 3.63) is 58.7 Å². The number of hydrogen-bond acceptors (Lipinski definition) is 2. The molecule has 2 aromatic carbocycles. The van der Waals surface area contributed by atoms with Gasteiger partial charge in [0, 0.05) is 32.8 Å². The Hall–Kier alpha value is -1.78. The highest BCUT2D eigenvalue weighted by atomic mass is 79.9. The summed E-state index contributed by atoms with van der Waals surface area (Å²) in [6.45, 7) is 0.0230. The minimum atomic E-state index is 0.0230. The second kappa shape index (κ2) is 5.07. The summed E-state index contributed by atoms with van der Waals surface area (Å²) in [4.78, 5) is 3.23. The van der Waals surface area contributed by atoms with Crippen LogP contribution >= 0.6 is 15.9 Å². The van der Waals surface area contributed by atoms with E-state index in [2.05, 4.69) is 32.3 Å². The topological polar surface area (TPSA) is 48.0 Å². The molecule has 0 radical (unpaired) electrons. The second-order valence-electron chi connectivity index (χ2n) is 4.33. The molecule has 3 N–H and O–H groups in total. The van der Waals surface area contributed by atoms with Gasteiger partial charge < -0.3 is 15.4 Å². The van der Waals surface area contributed by atoms with Gasteiger partial charge in [0.2, 0.25) is 0 Å². The number of aliphatic hydroxyl groups excluding tert-OH is 1. The molecule has 1 heterocycles. The Labute approximate surface area is 119 Å². The van der Waals surface area contributed by atoms with Crippen molar-refractivity contribution in [2.45, 2.75) is 6.61 Å². The monoisotopic (exact) mass is 316 g/mol. The molecule has 0 aliphatic heterocycles. The van der Waals surface area contributed by atoms with Crippen LogP contribution in [0.3, 0.4) is 0 Å². The lowest BCUT2D eigenvalue weighted by molar-refractivity contribution is 0.282. The first kappa shape index (κ1) is 12.3. The first-order chi connectivity index (χ1) is 9.28. The van der Waals surface area contributed by atoms with Crippen LogP contribution in [0.5, 0.6) is 0 Å². The number of aromatic nitrogens is 1. The highest BCUT2D eigenvalue weighted by molar-refractivity contribution is 9.10. The number of aromatic amines is 1. The van der Waals surface area contributed by atoms with E-state index in [0.717, 1.165) is 32.3 Å². The van der Waals surface area contributed by atoms with Crippen LogP contribution in [-0.4, -0.2) is 10.1 Å². The Morgan fingerprint density at radius 3 is 2.79 bits per heavy atom. The molecular weight excluding hydrogens is 304 g/mol. The SMILES string of the molecule is OCc1ccccc1Nc1c[nH]c2ccc(Br)cc12. The van der Waals surface area contributed by atoms with E-state index in [1.165, 1.54) is 0 Å². The number of halogens is 1. The molecule has 0 fully saturated rings. The molecule has 0 spiro atoms. The number of anilines is 2. The number of fused-ring (bicyclic) bond motifs is 1. The maximum absolute atomic E-state index is 9.35. The third-order valence-corrected chi connectivity index (χ3v) is 3.59. The maximum atomic E-state index is 9.35. The molecule has 0 saturated carbocycles. The normalized spacial score (nSPS) is 10.8. The Bertz CT molecular complexity index is 721. The van der Waals surface area contributed by atoms with Crippen LogP contribution in [0.2, 0.25) is 0 Å². The van der Waals surface area contributed by atoms with Crippen molar-refractivity contribution in [1.82, 2.24) is 4.98 Å². The van der Waals surface area contributed by atoms with Gasteiger partial charge >= 0.3 is 0 Å². The lowest BCUT2D eigenvalue weighted by Crippen LogP contribution is -1.95. The van der Waals surface area contributed by atoms with Crippen LogP contribution < -0.4 is 5.32 Å². The molecule has 0 aliphatic rings. The molecule has 3 nitrogen and oxygen atoms in total. The van der Waals surface area contributed by atoms with Gasteiger partial charge in [0.25, 0.3) is 0 Å². The van der Waals surface area contributed by atoms with E-state index in [1.807, 2.05) is 42.6 Å². The molecule has 0 saturated heterocycles. The van der Waals surface area contributed by atoms with Gasteiger partial charge in [0.1, 0.15) is 0 Å². The van der Waals surface area contributed by atoms with Crippen LogP contribution in [0.4, 0.5) is 11.4 Å². The predicted molar refractivity (Wildman–Crippen MR) is 81.6 cm³/mol. The Kier molecular flexibility index (Phi) is 3.27. The second-order valence-corrected chi connectivity index (χ2v) is 5.25. The van der Waals surface area contributed by atoms with Crippen molar-refractivity contribution in [3.8, 4) is 0 Å². The summed E-state index contributed by atoms with van der Waals surface area (Å²) in [6, 6.07) is 13.8. The molecular formula is C15H13BrN2O. The summed E-state index contributed by atoms with van der Waals surface area (Å²) in [5.74, 6) is 0. The number of hydrogen-bond donors (Lipinski definition) is 3. The Morgan fingerprint density at radius 1 is 1.11 bits per heavy atom. The molecule has 4 heteroatoms. The minimum Gasteiger partial charge on any atom is -0.392 e. The molecule has 0 bridgehead atoms. The van der Waals surface area contributed by atoms with E-state index in [9.17, 15) is 5.11 Å². The van der Waals surface area contributed by atoms with Crippen LogP contribution in [0.15, 0.2) is 53.1 Å². The summed E-state index contributed by atoms with van der Waals surface area (Å²) >= 11 is 3.48. The van der Waals surface area contributed by atoms with Gasteiger partial charge in [0.05, 0.1) is 12.3 Å². The first-order valence-corrected chi connectivity index (χ1v) is 6.79. The average Bonchev–Trinajstić information content (AvgIpc) is 2.82. The summed E-state index contributed by atoms with van der Waals surface area (Å²) in [6.07, 6.45) is 1.94. The zero-order valence-electron chi connectivity index (χ0n) is 10.2. The van der Waals surface area contributed by atoms with Gasteiger partial charge in [-0.2, -0.15) is 0 Å². The van der Waals surface area contributed by atoms with E-state index in [1.54, 1.807) is 0 Å². The standard InChI is InChI=1S/C15H13BrN2O/c16-11-5-6-14-12(7-11)15(8-17-14)18-13-4-2-1-3-10(13)9-19/h1-8,17-19H,9H2. The van der Waals surface area contributed by atoms with E-state index in [0.29, 0.717) is 0 Å². The van der Waals surface area contributed by atoms with E-state index >= 15 is 0 Å². The van der Waals surface area contributed by atoms with Crippen LogP contribution in [-0.2, 0) is 6.61 Å². The van der Waals surface area contributed by atoms with E-state index < -0.39 is 0 Å². The number of H-pyrrole nitrogens is 1. The third-order valence-electron chi connectivity index (χ3n) is 3.10. The van der Waals surface area contributed by atoms with E-state index in [-0.39, 0.29) is 6.61 Å². The van der Waals surface area contributed by atoms with Crippen LogP contribution in [0.1, 0.15) is 5.56 Å². The molecule has 1 aromatic heterocycles. The van der Waals surface area contributed by atoms with Gasteiger partial charge in [-0.15, -0.1) is 0 Å². The molecule has 3 rings (SSSR count). The minimum absolute atomic E-state index is 0.0230. The van der Waals surface area contributed by atoms with Crippen molar-refractivity contribution in [1.29, 1.82) is 0 Å². The smallest absolute Gasteiger partial charge is 0.0702 e. The number of benzene rings is 2. The van der Waals surface area contributed by atoms with Crippen molar-refractivity contribution < 1.29 is 5.11 Å².